The third-order valence-electron chi connectivity index (χ3n) is 6.66. The molecule has 2 heterocycles. The maximum atomic E-state index is 14.2. The molecule has 194 valence electrons. The van der Waals surface area contributed by atoms with Crippen LogP contribution >= 0.6 is 27.5 Å². The van der Waals surface area contributed by atoms with Gasteiger partial charge in [-0.05, 0) is 72.6 Å². The Bertz CT molecular complexity index is 1440. The number of rotatable bonds is 7. The average molecular weight is 592 g/mol. The van der Waals surface area contributed by atoms with Gasteiger partial charge in [-0.25, -0.2) is 4.79 Å². The number of para-hydroxylation sites is 2. The minimum absolute atomic E-state index is 0.0541. The van der Waals surface area contributed by atoms with E-state index in [1.807, 2.05) is 96.0 Å². The fourth-order valence-electron chi connectivity index (χ4n) is 4.80. The molecule has 0 radical (unpaired) electrons. The molecule has 1 N–H and O–H groups in total. The number of nitrogens with one attached hydrogen (secondary N) is 1. The molecule has 6 nitrogen and oxygen atoms in total. The van der Waals surface area contributed by atoms with Crippen molar-refractivity contribution < 1.29 is 9.59 Å². The van der Waals surface area contributed by atoms with Crippen LogP contribution < -0.4 is 10.2 Å². The zero-order valence-corrected chi connectivity index (χ0v) is 23.3. The first-order valence-corrected chi connectivity index (χ1v) is 13.8. The van der Waals surface area contributed by atoms with Crippen LogP contribution in [0.25, 0.3) is 5.69 Å². The summed E-state index contributed by atoms with van der Waals surface area (Å²) < 4.78 is 3.04. The van der Waals surface area contributed by atoms with Crippen LogP contribution in [0.4, 0.5) is 16.2 Å². The van der Waals surface area contributed by atoms with Crippen molar-refractivity contribution in [2.24, 2.45) is 0 Å². The summed E-state index contributed by atoms with van der Waals surface area (Å²) in [6, 6.07) is 26.2. The summed E-state index contributed by atoms with van der Waals surface area (Å²) in [4.78, 5) is 30.9. The van der Waals surface area contributed by atoms with Crippen LogP contribution in [0.3, 0.4) is 0 Å². The van der Waals surface area contributed by atoms with Crippen molar-refractivity contribution in [3.8, 4) is 5.69 Å². The number of carbonyl (C=O) groups excluding carboxylic acids is 2. The van der Waals surface area contributed by atoms with Gasteiger partial charge in [-0.3, -0.25) is 9.69 Å². The van der Waals surface area contributed by atoms with Crippen molar-refractivity contribution in [2.45, 2.75) is 25.8 Å². The Labute approximate surface area is 235 Å². The third-order valence-corrected chi connectivity index (χ3v) is 7.44. The highest BCUT2D eigenvalue weighted by Gasteiger charge is 2.36. The van der Waals surface area contributed by atoms with E-state index in [1.165, 1.54) is 0 Å². The molecule has 8 heteroatoms. The Kier molecular flexibility index (Phi) is 7.86. The number of hydrogen-bond donors (Lipinski definition) is 1. The molecule has 1 aliphatic heterocycles. The third kappa shape index (κ3) is 5.35. The summed E-state index contributed by atoms with van der Waals surface area (Å²) in [5.41, 5.74) is 4.30. The van der Waals surface area contributed by atoms with Crippen LogP contribution in [-0.2, 0) is 4.79 Å². The number of carbonyl (C=O) groups is 2. The van der Waals surface area contributed by atoms with E-state index in [0.29, 0.717) is 17.3 Å². The van der Waals surface area contributed by atoms with Crippen LogP contribution in [0.2, 0.25) is 5.02 Å². The van der Waals surface area contributed by atoms with Crippen LogP contribution in [0, 0.1) is 0 Å². The molecule has 1 aliphatic rings. The van der Waals surface area contributed by atoms with E-state index in [1.54, 1.807) is 4.90 Å². The van der Waals surface area contributed by atoms with E-state index in [0.717, 1.165) is 39.9 Å². The molecule has 4 aromatic rings. The predicted molar refractivity (Wildman–Crippen MR) is 156 cm³/mol. The number of halogens is 2. The number of urea groups is 1. The number of unbranched alkanes of at least 4 members (excludes halogenated alkanes) is 1. The van der Waals surface area contributed by atoms with Crippen LogP contribution in [0.15, 0.2) is 95.6 Å². The van der Waals surface area contributed by atoms with Gasteiger partial charge in [0, 0.05) is 27.9 Å². The molecule has 0 spiro atoms. The second-order valence-corrected chi connectivity index (χ2v) is 10.6. The van der Waals surface area contributed by atoms with Gasteiger partial charge >= 0.3 is 6.03 Å². The minimum atomic E-state index is -0.368. The molecule has 38 heavy (non-hydrogen) atoms. The molecule has 5 rings (SSSR count). The van der Waals surface area contributed by atoms with Gasteiger partial charge in [0.1, 0.15) is 12.6 Å². The molecular weight excluding hydrogens is 564 g/mol. The van der Waals surface area contributed by atoms with E-state index in [-0.39, 0.29) is 24.5 Å². The average Bonchev–Trinajstić information content (AvgIpc) is 3.42. The Morgan fingerprint density at radius 1 is 0.947 bits per heavy atom. The highest BCUT2D eigenvalue weighted by Crippen LogP contribution is 2.42. The molecule has 0 saturated carbocycles. The zero-order valence-electron chi connectivity index (χ0n) is 21.0. The Hall–Kier alpha value is -3.55. The molecule has 0 aliphatic carbocycles. The van der Waals surface area contributed by atoms with Crippen molar-refractivity contribution in [2.75, 3.05) is 23.3 Å². The van der Waals surface area contributed by atoms with Crippen molar-refractivity contribution in [3.05, 3.63) is 112 Å². The van der Waals surface area contributed by atoms with Crippen molar-refractivity contribution in [1.82, 2.24) is 9.47 Å². The molecule has 1 atom stereocenters. The van der Waals surface area contributed by atoms with Gasteiger partial charge in [0.2, 0.25) is 5.91 Å². The van der Waals surface area contributed by atoms with E-state index >= 15 is 0 Å². The minimum Gasteiger partial charge on any atom is -0.316 e. The summed E-state index contributed by atoms with van der Waals surface area (Å²) in [5, 5.41) is 3.58. The lowest BCUT2D eigenvalue weighted by Crippen LogP contribution is -2.48. The summed E-state index contributed by atoms with van der Waals surface area (Å²) in [5.74, 6) is -0.160. The predicted octanol–water partition coefficient (Wildman–Crippen LogP) is 7.66. The van der Waals surface area contributed by atoms with Gasteiger partial charge in [0.25, 0.3) is 0 Å². The number of hydrogen-bond acceptors (Lipinski definition) is 2. The quantitative estimate of drug-likeness (QED) is 0.240. The van der Waals surface area contributed by atoms with Gasteiger partial charge in [-0.15, -0.1) is 0 Å². The first kappa shape index (κ1) is 26.1. The molecular formula is C30H28BrClN4O2. The smallest absolute Gasteiger partial charge is 0.316 e. The lowest BCUT2D eigenvalue weighted by Gasteiger charge is -2.39. The topological polar surface area (TPSA) is 57.6 Å². The maximum absolute atomic E-state index is 14.2. The first-order chi connectivity index (χ1) is 18.5. The zero-order chi connectivity index (χ0) is 26.6. The fourth-order valence-corrected chi connectivity index (χ4v) is 5.19. The van der Waals surface area contributed by atoms with Gasteiger partial charge in [0.15, 0.2) is 0 Å². The van der Waals surface area contributed by atoms with Gasteiger partial charge in [-0.2, -0.15) is 0 Å². The van der Waals surface area contributed by atoms with Gasteiger partial charge in [-0.1, -0.05) is 65.1 Å². The Morgan fingerprint density at radius 2 is 1.66 bits per heavy atom. The summed E-state index contributed by atoms with van der Waals surface area (Å²) in [7, 11) is 0. The molecule has 1 aromatic heterocycles. The molecule has 0 saturated heterocycles. The van der Waals surface area contributed by atoms with Crippen molar-refractivity contribution in [1.29, 1.82) is 0 Å². The van der Waals surface area contributed by atoms with E-state index < -0.39 is 0 Å². The van der Waals surface area contributed by atoms with Crippen molar-refractivity contribution >= 4 is 50.8 Å². The summed E-state index contributed by atoms with van der Waals surface area (Å²) in [6.07, 6.45) is 3.71. The van der Waals surface area contributed by atoms with Crippen molar-refractivity contribution in [3.63, 3.8) is 0 Å². The number of aromatic nitrogens is 1. The molecule has 0 fully saturated rings. The largest absolute Gasteiger partial charge is 0.322 e. The summed E-state index contributed by atoms with van der Waals surface area (Å²) >= 11 is 9.62. The molecule has 0 bridgehead atoms. The number of fused-ring (bicyclic) bond motifs is 3. The molecule has 3 aromatic carbocycles. The number of nitrogens with zero attached hydrogens (tertiary/aromatic N) is 3. The maximum Gasteiger partial charge on any atom is 0.322 e. The van der Waals surface area contributed by atoms with E-state index in [9.17, 15) is 9.59 Å². The standard InChI is InChI=1S/C30H28BrClN4O2/c1-2-3-18-34(30(38)33-24-16-12-22(31)13-17-24)20-28(37)36-26-8-5-4-7-25(26)35-19-6-9-27(35)29(36)21-10-14-23(32)15-11-21/h4-17,19,29H,2-3,18,20H2,1H3,(H,33,38)/t29-/m1/s1. The summed E-state index contributed by atoms with van der Waals surface area (Å²) in [6.45, 7) is 2.49. The highest BCUT2D eigenvalue weighted by molar-refractivity contribution is 9.10. The SMILES string of the molecule is CCCCN(CC(=O)N1c2ccccc2-n2cccc2[C@H]1c1ccc(Cl)cc1)C(=O)Nc1ccc(Br)cc1. The monoisotopic (exact) mass is 590 g/mol. The Balaban J connectivity index is 1.49. The van der Waals surface area contributed by atoms with Crippen LogP contribution in [0.5, 0.6) is 0 Å². The fraction of sp³-hybridized carbons (Fsp3) is 0.200. The normalized spacial score (nSPS) is 14.0. The van der Waals surface area contributed by atoms with E-state index in [4.69, 9.17) is 11.6 Å². The lowest BCUT2D eigenvalue weighted by atomic mass is 9.97. The van der Waals surface area contributed by atoms with Gasteiger partial charge in [0.05, 0.1) is 17.1 Å². The molecule has 0 unspecified atom stereocenters. The number of amides is 3. The second-order valence-electron chi connectivity index (χ2n) is 9.22. The van der Waals surface area contributed by atoms with Gasteiger partial charge < -0.3 is 14.8 Å². The number of benzene rings is 3. The highest BCUT2D eigenvalue weighted by atomic mass is 79.9. The molecule has 3 amide bonds. The lowest BCUT2D eigenvalue weighted by molar-refractivity contribution is -0.119. The van der Waals surface area contributed by atoms with Crippen LogP contribution in [0.1, 0.15) is 37.1 Å². The number of anilines is 2. The van der Waals surface area contributed by atoms with E-state index in [2.05, 4.69) is 32.7 Å². The van der Waals surface area contributed by atoms with Crippen LogP contribution in [-0.4, -0.2) is 34.5 Å². The second kappa shape index (κ2) is 11.5. The first-order valence-electron chi connectivity index (χ1n) is 12.6. The Morgan fingerprint density at radius 3 is 2.37 bits per heavy atom.